The van der Waals surface area contributed by atoms with Crippen molar-refractivity contribution in [1.82, 2.24) is 10.2 Å². The van der Waals surface area contributed by atoms with Gasteiger partial charge < -0.3 is 19.9 Å². The number of benzene rings is 2. The minimum absolute atomic E-state index is 0.0963. The number of amides is 1. The van der Waals surface area contributed by atoms with Crippen molar-refractivity contribution < 1.29 is 9.53 Å². The molecule has 1 N–H and O–H groups in total. The summed E-state index contributed by atoms with van der Waals surface area (Å²) in [6.07, 6.45) is 6.79. The average molecular weight is 446 g/mol. The largest absolute Gasteiger partial charge is 0.482 e. The molecule has 2 fully saturated rings. The molecule has 2 aromatic rings. The van der Waals surface area contributed by atoms with Crippen molar-refractivity contribution in [3.63, 3.8) is 0 Å². The maximum Gasteiger partial charge on any atom is 0.253 e. The summed E-state index contributed by atoms with van der Waals surface area (Å²) in [4.78, 5) is 17.1. The number of nitrogens with zero attached hydrogens (tertiary/aromatic N) is 2. The van der Waals surface area contributed by atoms with Crippen LogP contribution in [0.4, 0.5) is 5.69 Å². The summed E-state index contributed by atoms with van der Waals surface area (Å²) in [5.74, 6) is 1.07. The number of hydrogen-bond acceptors (Lipinski definition) is 4. The molecule has 0 aromatic heterocycles. The number of carbonyl (C=O) groups is 1. The van der Waals surface area contributed by atoms with Crippen LogP contribution in [0.1, 0.15) is 61.0 Å². The number of piperidine rings is 1. The van der Waals surface area contributed by atoms with Crippen molar-refractivity contribution in [2.45, 2.75) is 45.1 Å². The highest BCUT2D eigenvalue weighted by Crippen LogP contribution is 2.44. The van der Waals surface area contributed by atoms with Gasteiger partial charge in [0, 0.05) is 55.8 Å². The molecule has 1 spiro atoms. The smallest absolute Gasteiger partial charge is 0.253 e. The summed E-state index contributed by atoms with van der Waals surface area (Å²) in [5, 5.41) is 3.46. The van der Waals surface area contributed by atoms with Crippen molar-refractivity contribution in [1.29, 1.82) is 0 Å². The van der Waals surface area contributed by atoms with Crippen LogP contribution in [0.15, 0.2) is 48.5 Å². The van der Waals surface area contributed by atoms with Crippen LogP contribution in [-0.2, 0) is 0 Å². The number of anilines is 1. The molecule has 174 valence electrons. The third-order valence-electron chi connectivity index (χ3n) is 7.39. The molecular formula is C28H35N3O2. The van der Waals surface area contributed by atoms with E-state index in [4.69, 9.17) is 4.74 Å². The van der Waals surface area contributed by atoms with Gasteiger partial charge in [-0.1, -0.05) is 12.1 Å². The number of fused-ring (bicyclic) bond motifs is 1. The van der Waals surface area contributed by atoms with Crippen molar-refractivity contribution in [3.05, 3.63) is 65.2 Å². The third-order valence-corrected chi connectivity index (χ3v) is 7.39. The van der Waals surface area contributed by atoms with Gasteiger partial charge in [-0.3, -0.25) is 4.79 Å². The van der Waals surface area contributed by atoms with Gasteiger partial charge in [-0.15, -0.1) is 0 Å². The highest BCUT2D eigenvalue weighted by molar-refractivity contribution is 5.95. The molecule has 3 heterocycles. The van der Waals surface area contributed by atoms with Crippen LogP contribution in [0.25, 0.3) is 5.57 Å². The molecule has 5 rings (SSSR count). The monoisotopic (exact) mass is 445 g/mol. The molecule has 0 atom stereocenters. The van der Waals surface area contributed by atoms with E-state index in [1.165, 1.54) is 24.1 Å². The lowest BCUT2D eigenvalue weighted by molar-refractivity contribution is 0.0772. The average Bonchev–Trinajstić information content (AvgIpc) is 3.40. The molecule has 3 aliphatic rings. The molecule has 5 nitrogen and oxygen atoms in total. The van der Waals surface area contributed by atoms with Gasteiger partial charge in [0.25, 0.3) is 5.91 Å². The zero-order valence-corrected chi connectivity index (χ0v) is 19.9. The van der Waals surface area contributed by atoms with Crippen LogP contribution in [0.5, 0.6) is 5.75 Å². The molecule has 0 radical (unpaired) electrons. The minimum atomic E-state index is -0.265. The fraction of sp³-hybridized carbons (Fsp3) is 0.464. The first kappa shape index (κ1) is 22.0. The molecule has 3 aliphatic heterocycles. The Hall–Kier alpha value is -2.79. The SMILES string of the molecule is CCN(CC)C(=O)c1ccc(C2=CC3(CCNCC3)Oc3ccc(N4CCCC4)cc32)cc1. The van der Waals surface area contributed by atoms with Crippen LogP contribution in [0, 0.1) is 0 Å². The summed E-state index contributed by atoms with van der Waals surface area (Å²) >= 11 is 0. The molecule has 0 saturated carbocycles. The van der Waals surface area contributed by atoms with Crippen LogP contribution in [0.2, 0.25) is 0 Å². The molecule has 5 heteroatoms. The Bertz CT molecular complexity index is 1030. The van der Waals surface area contributed by atoms with E-state index < -0.39 is 0 Å². The first-order valence-corrected chi connectivity index (χ1v) is 12.5. The number of nitrogens with one attached hydrogen (secondary N) is 1. The Labute approximate surface area is 197 Å². The van der Waals surface area contributed by atoms with Crippen molar-refractivity contribution >= 4 is 17.2 Å². The zero-order valence-electron chi connectivity index (χ0n) is 19.9. The Morgan fingerprint density at radius 2 is 1.73 bits per heavy atom. The van der Waals surface area contributed by atoms with E-state index in [0.29, 0.717) is 0 Å². The molecule has 0 unspecified atom stereocenters. The van der Waals surface area contributed by atoms with E-state index in [1.807, 2.05) is 30.9 Å². The Kier molecular flexibility index (Phi) is 6.15. The van der Waals surface area contributed by atoms with Gasteiger partial charge in [0.05, 0.1) is 0 Å². The van der Waals surface area contributed by atoms with Gasteiger partial charge in [-0.05, 0) is 87.3 Å². The van der Waals surface area contributed by atoms with E-state index in [9.17, 15) is 4.79 Å². The van der Waals surface area contributed by atoms with Crippen molar-refractivity contribution in [3.8, 4) is 5.75 Å². The summed E-state index contributed by atoms with van der Waals surface area (Å²) < 4.78 is 6.66. The summed E-state index contributed by atoms with van der Waals surface area (Å²) in [5.41, 5.74) is 5.28. The highest BCUT2D eigenvalue weighted by Gasteiger charge is 2.37. The predicted molar refractivity (Wildman–Crippen MR) is 134 cm³/mol. The van der Waals surface area contributed by atoms with E-state index in [1.54, 1.807) is 0 Å². The summed E-state index contributed by atoms with van der Waals surface area (Å²) in [6.45, 7) is 9.66. The second kappa shape index (κ2) is 9.22. The van der Waals surface area contributed by atoms with Crippen LogP contribution < -0.4 is 15.0 Å². The van der Waals surface area contributed by atoms with Gasteiger partial charge in [-0.25, -0.2) is 0 Å². The molecule has 0 bridgehead atoms. The van der Waals surface area contributed by atoms with Crippen LogP contribution >= 0.6 is 0 Å². The van der Waals surface area contributed by atoms with Crippen LogP contribution in [0.3, 0.4) is 0 Å². The Morgan fingerprint density at radius 1 is 1.03 bits per heavy atom. The van der Waals surface area contributed by atoms with Gasteiger partial charge >= 0.3 is 0 Å². The van der Waals surface area contributed by atoms with Gasteiger partial charge in [0.15, 0.2) is 0 Å². The first-order valence-electron chi connectivity index (χ1n) is 12.5. The van der Waals surface area contributed by atoms with Crippen molar-refractivity contribution in [2.75, 3.05) is 44.2 Å². The zero-order chi connectivity index (χ0) is 22.8. The molecule has 2 aromatic carbocycles. The van der Waals surface area contributed by atoms with Gasteiger partial charge in [-0.2, -0.15) is 0 Å². The van der Waals surface area contributed by atoms with Gasteiger partial charge in [0.1, 0.15) is 11.4 Å². The molecule has 1 amide bonds. The maximum absolute atomic E-state index is 12.8. The molecular weight excluding hydrogens is 410 g/mol. The molecule has 33 heavy (non-hydrogen) atoms. The normalized spacial score (nSPS) is 19.1. The fourth-order valence-electron chi connectivity index (χ4n) is 5.40. The van der Waals surface area contributed by atoms with E-state index >= 15 is 0 Å². The van der Waals surface area contributed by atoms with Gasteiger partial charge in [0.2, 0.25) is 0 Å². The molecule has 2 saturated heterocycles. The fourth-order valence-corrected chi connectivity index (χ4v) is 5.40. The molecule has 0 aliphatic carbocycles. The highest BCUT2D eigenvalue weighted by atomic mass is 16.5. The van der Waals surface area contributed by atoms with E-state index in [0.717, 1.165) is 74.6 Å². The minimum Gasteiger partial charge on any atom is -0.482 e. The predicted octanol–water partition coefficient (Wildman–Crippen LogP) is 4.72. The lowest BCUT2D eigenvalue weighted by Crippen LogP contribution is -2.46. The second-order valence-corrected chi connectivity index (χ2v) is 9.40. The number of hydrogen-bond donors (Lipinski definition) is 1. The lowest BCUT2D eigenvalue weighted by Gasteiger charge is -2.40. The van der Waals surface area contributed by atoms with E-state index in [-0.39, 0.29) is 11.5 Å². The number of rotatable bonds is 5. The third kappa shape index (κ3) is 4.26. The lowest BCUT2D eigenvalue weighted by atomic mass is 9.83. The standard InChI is InChI=1S/C28H35N3O2/c1-3-30(4-2)27(32)22-9-7-21(8-10-22)25-20-28(13-15-29-16-14-28)33-26-12-11-23(19-24(25)26)31-17-5-6-18-31/h7-12,19-20,29H,3-6,13-18H2,1-2H3. The maximum atomic E-state index is 12.8. The van der Waals surface area contributed by atoms with Crippen LogP contribution in [-0.4, -0.2) is 55.7 Å². The van der Waals surface area contributed by atoms with Crippen molar-refractivity contribution in [2.24, 2.45) is 0 Å². The van der Waals surface area contributed by atoms with E-state index in [2.05, 4.69) is 46.6 Å². The first-order chi connectivity index (χ1) is 16.1. The number of ether oxygens (including phenoxy) is 1. The summed E-state index contributed by atoms with van der Waals surface area (Å²) in [7, 11) is 0. The Morgan fingerprint density at radius 3 is 2.39 bits per heavy atom. The quantitative estimate of drug-likeness (QED) is 0.724. The summed E-state index contributed by atoms with van der Waals surface area (Å²) in [6, 6.07) is 14.8. The second-order valence-electron chi connectivity index (χ2n) is 9.40. The number of carbonyl (C=O) groups excluding carboxylic acids is 1. The topological polar surface area (TPSA) is 44.8 Å². The Balaban J connectivity index is 1.53.